The number of benzene rings is 3. The van der Waals surface area contributed by atoms with Gasteiger partial charge in [-0.3, -0.25) is 14.5 Å². The first-order valence-corrected chi connectivity index (χ1v) is 10.4. The zero-order valence-electron chi connectivity index (χ0n) is 16.8. The fraction of sp³-hybridized carbons (Fsp3) is 0.0800. The highest BCUT2D eigenvalue weighted by atomic mass is 35.5. The van der Waals surface area contributed by atoms with Crippen molar-refractivity contribution < 1.29 is 13.7 Å². The van der Waals surface area contributed by atoms with E-state index in [9.17, 15) is 9.59 Å². The van der Waals surface area contributed by atoms with Gasteiger partial charge in [-0.1, -0.05) is 59.2 Å². The summed E-state index contributed by atoms with van der Waals surface area (Å²) in [5, 5.41) is 6.64. The average Bonchev–Trinajstić information content (AvgIpc) is 3.35. The van der Waals surface area contributed by atoms with Gasteiger partial charge in [-0.25, -0.2) is 0 Å². The Hall–Kier alpha value is -3.90. The normalized spacial score (nSPS) is 15.6. The maximum atomic E-state index is 13.7. The molecule has 0 spiro atoms. The number of rotatable bonds is 2. The van der Waals surface area contributed by atoms with Crippen molar-refractivity contribution in [2.24, 2.45) is 0 Å². The molecule has 0 saturated heterocycles. The Morgan fingerprint density at radius 1 is 0.969 bits per heavy atom. The molecular formula is C25H15ClN2O4. The predicted octanol–water partition coefficient (Wildman–Crippen LogP) is 5.65. The van der Waals surface area contributed by atoms with Crippen LogP contribution in [0, 0.1) is 6.92 Å². The molecule has 1 aliphatic heterocycles. The summed E-state index contributed by atoms with van der Waals surface area (Å²) in [6, 6.07) is 19.2. The van der Waals surface area contributed by atoms with Crippen LogP contribution >= 0.6 is 11.6 Å². The lowest BCUT2D eigenvalue weighted by molar-refractivity contribution is 0.0969. The smallest absolute Gasteiger partial charge is 0.296 e. The highest BCUT2D eigenvalue weighted by molar-refractivity contribution is 6.30. The van der Waals surface area contributed by atoms with Gasteiger partial charge < -0.3 is 8.94 Å². The van der Waals surface area contributed by atoms with Gasteiger partial charge in [-0.05, 0) is 36.1 Å². The zero-order valence-corrected chi connectivity index (χ0v) is 17.6. The summed E-state index contributed by atoms with van der Waals surface area (Å²) in [6.45, 7) is 1.74. The lowest BCUT2D eigenvalue weighted by atomic mass is 9.97. The van der Waals surface area contributed by atoms with E-state index in [1.54, 1.807) is 37.3 Å². The average molecular weight is 443 g/mol. The van der Waals surface area contributed by atoms with Crippen molar-refractivity contribution in [3.05, 3.63) is 105 Å². The highest BCUT2D eigenvalue weighted by Crippen LogP contribution is 2.42. The maximum absolute atomic E-state index is 13.7. The number of hydrogen-bond donors (Lipinski definition) is 0. The Bertz CT molecular complexity index is 1620. The molecule has 1 unspecified atom stereocenters. The Balaban J connectivity index is 1.70. The van der Waals surface area contributed by atoms with Crippen molar-refractivity contribution in [3.8, 4) is 0 Å². The molecule has 6 nitrogen and oxygen atoms in total. The third-order valence-electron chi connectivity index (χ3n) is 5.79. The first kappa shape index (κ1) is 18.8. The van der Waals surface area contributed by atoms with Crippen LogP contribution in [0.1, 0.15) is 33.5 Å². The van der Waals surface area contributed by atoms with E-state index in [1.165, 1.54) is 4.90 Å². The molecule has 7 heteroatoms. The predicted molar refractivity (Wildman–Crippen MR) is 121 cm³/mol. The highest BCUT2D eigenvalue weighted by Gasteiger charge is 2.45. The minimum Gasteiger partial charge on any atom is -0.450 e. The molecule has 0 bridgehead atoms. The Labute approximate surface area is 186 Å². The van der Waals surface area contributed by atoms with E-state index >= 15 is 0 Å². The van der Waals surface area contributed by atoms with Crippen molar-refractivity contribution in [2.45, 2.75) is 13.0 Å². The van der Waals surface area contributed by atoms with Crippen LogP contribution in [0.2, 0.25) is 5.02 Å². The number of aryl methyl sites for hydroxylation is 1. The Morgan fingerprint density at radius 2 is 1.81 bits per heavy atom. The lowest BCUT2D eigenvalue weighted by Crippen LogP contribution is -2.29. The third kappa shape index (κ3) is 2.63. The summed E-state index contributed by atoms with van der Waals surface area (Å²) in [5.74, 6) is 0.399. The number of carbonyl (C=O) groups excluding carboxylic acids is 1. The molecule has 156 valence electrons. The van der Waals surface area contributed by atoms with Crippen LogP contribution in [0.3, 0.4) is 0 Å². The van der Waals surface area contributed by atoms with Gasteiger partial charge in [0, 0.05) is 16.5 Å². The second-order valence-corrected chi connectivity index (χ2v) is 8.20. The summed E-state index contributed by atoms with van der Waals surface area (Å²) < 4.78 is 11.4. The summed E-state index contributed by atoms with van der Waals surface area (Å²) in [5.41, 5.74) is 1.08. The lowest BCUT2D eigenvalue weighted by Gasteiger charge is -2.22. The van der Waals surface area contributed by atoms with Crippen molar-refractivity contribution in [2.75, 3.05) is 4.90 Å². The van der Waals surface area contributed by atoms with Gasteiger partial charge in [0.2, 0.25) is 5.76 Å². The number of halogens is 1. The number of anilines is 1. The molecule has 6 rings (SSSR count). The summed E-state index contributed by atoms with van der Waals surface area (Å²) in [6.07, 6.45) is 0. The first-order valence-electron chi connectivity index (χ1n) is 10.0. The third-order valence-corrected chi connectivity index (χ3v) is 6.02. The Morgan fingerprint density at radius 3 is 2.59 bits per heavy atom. The molecule has 0 aliphatic carbocycles. The molecular weight excluding hydrogens is 428 g/mol. The van der Waals surface area contributed by atoms with E-state index in [0.717, 1.165) is 10.8 Å². The van der Waals surface area contributed by atoms with Gasteiger partial charge in [-0.15, -0.1) is 0 Å². The standard InChI is InChI=1S/C25H15ClN2O4/c1-13-11-19(27-32-13)28-21(15-6-4-7-16(26)12-15)20-22(29)18-10-9-14-5-2-3-8-17(14)23(18)31-24(20)25(28)30/h2-12,21H,1H3. The van der Waals surface area contributed by atoms with Crippen LogP contribution in [0.15, 0.2) is 80.5 Å². The van der Waals surface area contributed by atoms with Crippen LogP contribution in [0.4, 0.5) is 5.82 Å². The molecule has 1 atom stereocenters. The topological polar surface area (TPSA) is 76.6 Å². The number of fused-ring (bicyclic) bond motifs is 4. The molecule has 0 saturated carbocycles. The molecule has 3 aromatic carbocycles. The summed E-state index contributed by atoms with van der Waals surface area (Å²) in [7, 11) is 0. The van der Waals surface area contributed by atoms with Gasteiger partial charge in [0.25, 0.3) is 5.91 Å². The number of amides is 1. The summed E-state index contributed by atoms with van der Waals surface area (Å²) in [4.78, 5) is 28.8. The molecule has 2 aromatic heterocycles. The van der Waals surface area contributed by atoms with E-state index < -0.39 is 11.9 Å². The molecule has 1 amide bonds. The van der Waals surface area contributed by atoms with Gasteiger partial charge >= 0.3 is 0 Å². The van der Waals surface area contributed by atoms with Crippen LogP contribution in [0.25, 0.3) is 21.7 Å². The van der Waals surface area contributed by atoms with Crippen LogP contribution < -0.4 is 10.3 Å². The molecule has 0 N–H and O–H groups in total. The van der Waals surface area contributed by atoms with Gasteiger partial charge in [0.05, 0.1) is 17.0 Å². The van der Waals surface area contributed by atoms with Gasteiger partial charge in [0.15, 0.2) is 11.2 Å². The van der Waals surface area contributed by atoms with E-state index in [2.05, 4.69) is 5.16 Å². The van der Waals surface area contributed by atoms with E-state index in [-0.39, 0.29) is 16.8 Å². The minimum atomic E-state index is -0.743. The quantitative estimate of drug-likeness (QED) is 0.330. The van der Waals surface area contributed by atoms with Crippen molar-refractivity contribution in [1.82, 2.24) is 5.16 Å². The Kier molecular flexibility index (Phi) is 4.00. The van der Waals surface area contributed by atoms with Crippen LogP contribution in [-0.2, 0) is 0 Å². The van der Waals surface area contributed by atoms with Crippen molar-refractivity contribution in [3.63, 3.8) is 0 Å². The van der Waals surface area contributed by atoms with Crippen LogP contribution in [0.5, 0.6) is 0 Å². The van der Waals surface area contributed by atoms with Crippen molar-refractivity contribution >= 4 is 45.1 Å². The zero-order chi connectivity index (χ0) is 22.0. The fourth-order valence-electron chi connectivity index (χ4n) is 4.40. The number of carbonyl (C=O) groups is 1. The number of aromatic nitrogens is 1. The van der Waals surface area contributed by atoms with E-state index in [4.69, 9.17) is 20.5 Å². The van der Waals surface area contributed by atoms with Crippen LogP contribution in [-0.4, -0.2) is 11.1 Å². The molecule has 5 aromatic rings. The largest absolute Gasteiger partial charge is 0.450 e. The van der Waals surface area contributed by atoms with E-state index in [1.807, 2.05) is 36.4 Å². The first-order chi connectivity index (χ1) is 15.5. The molecule has 32 heavy (non-hydrogen) atoms. The molecule has 0 radical (unpaired) electrons. The van der Waals surface area contributed by atoms with Gasteiger partial charge in [-0.2, -0.15) is 0 Å². The second kappa shape index (κ2) is 6.80. The fourth-order valence-corrected chi connectivity index (χ4v) is 4.59. The number of nitrogens with zero attached hydrogens (tertiary/aromatic N) is 2. The monoisotopic (exact) mass is 442 g/mol. The molecule has 3 heterocycles. The molecule has 0 fully saturated rings. The van der Waals surface area contributed by atoms with E-state index in [0.29, 0.717) is 33.1 Å². The summed E-state index contributed by atoms with van der Waals surface area (Å²) >= 11 is 6.25. The van der Waals surface area contributed by atoms with Gasteiger partial charge in [0.1, 0.15) is 11.3 Å². The molecule has 1 aliphatic rings. The second-order valence-electron chi connectivity index (χ2n) is 7.77. The maximum Gasteiger partial charge on any atom is 0.296 e. The minimum absolute atomic E-state index is 0.00415. The SMILES string of the molecule is Cc1cc(N2C(=O)c3oc4c(ccc5ccccc54)c(=O)c3C2c2cccc(Cl)c2)no1. The number of hydrogen-bond acceptors (Lipinski definition) is 5. The van der Waals surface area contributed by atoms with Crippen molar-refractivity contribution in [1.29, 1.82) is 0 Å².